The van der Waals surface area contributed by atoms with Gasteiger partial charge in [0.15, 0.2) is 0 Å². The summed E-state index contributed by atoms with van der Waals surface area (Å²) in [6, 6.07) is 6.85. The third-order valence-electron chi connectivity index (χ3n) is 4.29. The topological polar surface area (TPSA) is 23.9 Å². The first kappa shape index (κ1) is 19.2. The Labute approximate surface area is 142 Å². The van der Waals surface area contributed by atoms with Gasteiger partial charge >= 0.3 is 0 Å². The third kappa shape index (κ3) is 5.12. The van der Waals surface area contributed by atoms with Gasteiger partial charge in [0.2, 0.25) is 0 Å². The number of hydrogen-bond donors (Lipinski definition) is 1. The lowest BCUT2D eigenvalue weighted by molar-refractivity contribution is 0.582. The third-order valence-corrected chi connectivity index (χ3v) is 4.55. The highest BCUT2D eigenvalue weighted by Gasteiger charge is 2.21. The van der Waals surface area contributed by atoms with E-state index in [1.54, 1.807) is 0 Å². The highest BCUT2D eigenvalue weighted by Crippen LogP contribution is 2.31. The van der Waals surface area contributed by atoms with Gasteiger partial charge in [0.1, 0.15) is 0 Å². The molecule has 0 saturated heterocycles. The Morgan fingerprint density at radius 3 is 2.41 bits per heavy atom. The van der Waals surface area contributed by atoms with Crippen LogP contribution in [0.25, 0.3) is 0 Å². The fourth-order valence-corrected chi connectivity index (χ4v) is 3.28. The van der Waals surface area contributed by atoms with E-state index in [-0.39, 0.29) is 11.3 Å². The van der Waals surface area contributed by atoms with Gasteiger partial charge in [-0.1, -0.05) is 59.2 Å². The molecule has 1 atom stereocenters. The number of alkyl halides is 1. The van der Waals surface area contributed by atoms with Gasteiger partial charge in [0.05, 0.1) is 0 Å². The lowest BCUT2D eigenvalue weighted by Crippen LogP contribution is -2.16. The van der Waals surface area contributed by atoms with Crippen molar-refractivity contribution in [2.24, 2.45) is 0 Å². The van der Waals surface area contributed by atoms with Crippen molar-refractivity contribution in [2.75, 3.05) is 5.88 Å². The molecule has 0 aromatic heterocycles. The van der Waals surface area contributed by atoms with Crippen molar-refractivity contribution in [1.82, 2.24) is 0 Å². The first-order valence-corrected chi connectivity index (χ1v) is 9.15. The van der Waals surface area contributed by atoms with Crippen molar-refractivity contribution in [2.45, 2.75) is 78.1 Å². The highest BCUT2D eigenvalue weighted by molar-refractivity contribution is 6.17. The SMILES string of the molecule is CCCC(=N)C(CCCCl)c1ccc(C(C)(C)C)c(CC)c1. The van der Waals surface area contributed by atoms with E-state index >= 15 is 0 Å². The number of nitrogens with one attached hydrogen (secondary N) is 1. The van der Waals surface area contributed by atoms with Crippen LogP contribution in [0.4, 0.5) is 0 Å². The second-order valence-electron chi connectivity index (χ2n) is 7.18. The summed E-state index contributed by atoms with van der Waals surface area (Å²) in [7, 11) is 0. The molecule has 124 valence electrons. The second-order valence-corrected chi connectivity index (χ2v) is 7.56. The van der Waals surface area contributed by atoms with Crippen LogP contribution >= 0.6 is 11.6 Å². The van der Waals surface area contributed by atoms with Crippen molar-refractivity contribution in [1.29, 1.82) is 5.41 Å². The molecule has 0 heterocycles. The number of benzene rings is 1. The van der Waals surface area contributed by atoms with E-state index in [0.29, 0.717) is 5.88 Å². The van der Waals surface area contributed by atoms with Gasteiger partial charge in [-0.15, -0.1) is 11.6 Å². The number of aryl methyl sites for hydroxylation is 1. The molecule has 0 aliphatic rings. The Kier molecular flexibility index (Phi) is 7.62. The summed E-state index contributed by atoms with van der Waals surface area (Å²) in [5.41, 5.74) is 5.18. The molecule has 1 unspecified atom stereocenters. The van der Waals surface area contributed by atoms with Crippen molar-refractivity contribution >= 4 is 17.3 Å². The molecular formula is C20H32ClN. The van der Waals surface area contributed by atoms with E-state index < -0.39 is 0 Å². The molecule has 2 heteroatoms. The van der Waals surface area contributed by atoms with Crippen LogP contribution in [0, 0.1) is 5.41 Å². The lowest BCUT2D eigenvalue weighted by atomic mass is 9.80. The van der Waals surface area contributed by atoms with Gasteiger partial charge in [0.25, 0.3) is 0 Å². The summed E-state index contributed by atoms with van der Waals surface area (Å²) in [4.78, 5) is 0. The van der Waals surface area contributed by atoms with Gasteiger partial charge < -0.3 is 5.41 Å². The average Bonchev–Trinajstić information content (AvgIpc) is 2.46. The predicted octanol–water partition coefficient (Wildman–Crippen LogP) is 6.47. The van der Waals surface area contributed by atoms with Crippen molar-refractivity contribution in [3.05, 3.63) is 34.9 Å². The Hall–Kier alpha value is -0.820. The van der Waals surface area contributed by atoms with E-state index in [1.165, 1.54) is 16.7 Å². The Morgan fingerprint density at radius 2 is 1.91 bits per heavy atom. The summed E-state index contributed by atoms with van der Waals surface area (Å²) >= 11 is 5.89. The minimum atomic E-state index is 0.173. The summed E-state index contributed by atoms with van der Waals surface area (Å²) in [5, 5.41) is 8.42. The minimum absolute atomic E-state index is 0.173. The molecule has 0 spiro atoms. The van der Waals surface area contributed by atoms with Gasteiger partial charge in [0, 0.05) is 17.5 Å². The highest BCUT2D eigenvalue weighted by atomic mass is 35.5. The zero-order valence-electron chi connectivity index (χ0n) is 14.9. The Morgan fingerprint density at radius 1 is 1.23 bits per heavy atom. The van der Waals surface area contributed by atoms with E-state index in [2.05, 4.69) is 52.8 Å². The smallest absolute Gasteiger partial charge is 0.0223 e. The van der Waals surface area contributed by atoms with E-state index in [9.17, 15) is 0 Å². The normalized spacial score (nSPS) is 13.2. The summed E-state index contributed by atoms with van der Waals surface area (Å²) in [5.74, 6) is 0.911. The molecule has 22 heavy (non-hydrogen) atoms. The number of halogens is 1. The van der Waals surface area contributed by atoms with E-state index in [4.69, 9.17) is 17.0 Å². The van der Waals surface area contributed by atoms with Crippen molar-refractivity contribution in [3.63, 3.8) is 0 Å². The van der Waals surface area contributed by atoms with Crippen molar-refractivity contribution < 1.29 is 0 Å². The molecule has 0 fully saturated rings. The Bertz CT molecular complexity index is 485. The van der Waals surface area contributed by atoms with Crippen LogP contribution < -0.4 is 0 Å². The molecule has 1 rings (SSSR count). The molecule has 0 amide bonds. The molecule has 0 aliphatic heterocycles. The monoisotopic (exact) mass is 321 g/mol. The van der Waals surface area contributed by atoms with Crippen LogP contribution in [0.15, 0.2) is 18.2 Å². The standard InChI is InChI=1S/C20H32ClN/c1-6-9-19(22)17(10-8-13-21)16-11-12-18(20(3,4)5)15(7-2)14-16/h11-12,14,17,22H,6-10,13H2,1-5H3. The first-order valence-electron chi connectivity index (χ1n) is 8.61. The number of hydrogen-bond acceptors (Lipinski definition) is 1. The van der Waals surface area contributed by atoms with Crippen LogP contribution in [0.3, 0.4) is 0 Å². The van der Waals surface area contributed by atoms with E-state index in [1.807, 2.05) is 0 Å². The number of rotatable bonds is 8. The molecule has 0 saturated carbocycles. The minimum Gasteiger partial charge on any atom is -0.309 e. The van der Waals surface area contributed by atoms with E-state index in [0.717, 1.165) is 37.8 Å². The maximum absolute atomic E-state index is 8.42. The Balaban J connectivity index is 3.17. The zero-order valence-corrected chi connectivity index (χ0v) is 15.7. The lowest BCUT2D eigenvalue weighted by Gasteiger charge is -2.25. The molecule has 1 N–H and O–H groups in total. The van der Waals surface area contributed by atoms with Crippen LogP contribution in [-0.2, 0) is 11.8 Å². The van der Waals surface area contributed by atoms with Crippen LogP contribution in [0.2, 0.25) is 0 Å². The maximum atomic E-state index is 8.42. The average molecular weight is 322 g/mol. The largest absolute Gasteiger partial charge is 0.309 e. The molecule has 0 radical (unpaired) electrons. The van der Waals surface area contributed by atoms with Gasteiger partial charge in [-0.25, -0.2) is 0 Å². The fourth-order valence-electron chi connectivity index (χ4n) is 3.12. The van der Waals surface area contributed by atoms with Crippen LogP contribution in [0.1, 0.15) is 82.9 Å². The molecule has 1 aromatic rings. The van der Waals surface area contributed by atoms with Gasteiger partial charge in [-0.2, -0.15) is 0 Å². The molecule has 1 aromatic carbocycles. The van der Waals surface area contributed by atoms with Gasteiger partial charge in [-0.3, -0.25) is 0 Å². The summed E-state index contributed by atoms with van der Waals surface area (Å²) in [6.45, 7) is 11.2. The maximum Gasteiger partial charge on any atom is 0.0223 e. The summed E-state index contributed by atoms with van der Waals surface area (Å²) < 4.78 is 0. The van der Waals surface area contributed by atoms with Gasteiger partial charge in [-0.05, 0) is 47.8 Å². The quantitative estimate of drug-likeness (QED) is 0.419. The fraction of sp³-hybridized carbons (Fsp3) is 0.650. The van der Waals surface area contributed by atoms with Crippen LogP contribution in [-0.4, -0.2) is 11.6 Å². The molecule has 0 bridgehead atoms. The molecule has 1 nitrogen and oxygen atoms in total. The first-order chi connectivity index (χ1) is 10.3. The van der Waals surface area contributed by atoms with Crippen molar-refractivity contribution in [3.8, 4) is 0 Å². The molecule has 0 aliphatic carbocycles. The zero-order chi connectivity index (χ0) is 16.8. The predicted molar refractivity (Wildman–Crippen MR) is 99.8 cm³/mol. The summed E-state index contributed by atoms with van der Waals surface area (Å²) in [6.07, 6.45) is 4.93. The second kappa shape index (κ2) is 8.72. The molecular weight excluding hydrogens is 290 g/mol. The van der Waals surface area contributed by atoms with Crippen LogP contribution in [0.5, 0.6) is 0 Å².